The summed E-state index contributed by atoms with van der Waals surface area (Å²) < 4.78 is 0. The summed E-state index contributed by atoms with van der Waals surface area (Å²) in [5, 5.41) is 19.8. The monoisotopic (exact) mass is 742 g/mol. The van der Waals surface area contributed by atoms with Crippen LogP contribution in [0.25, 0.3) is 25.0 Å². The number of hydrogen-bond acceptors (Lipinski definition) is 12. The maximum Gasteiger partial charge on any atom is 0.137 e. The van der Waals surface area contributed by atoms with Gasteiger partial charge in [-0.25, -0.2) is 0 Å². The van der Waals surface area contributed by atoms with Crippen LogP contribution in [-0.2, 0) is 19.4 Å². The Morgan fingerprint density at radius 1 is 0.518 bits per heavy atom. The molecule has 2 aromatic carbocycles. The summed E-state index contributed by atoms with van der Waals surface area (Å²) in [7, 11) is 0. The summed E-state index contributed by atoms with van der Waals surface area (Å²) in [5.41, 5.74) is 6.21. The van der Waals surface area contributed by atoms with Crippen LogP contribution in [0.2, 0.25) is 0 Å². The molecule has 12 heteroatoms. The molecular weight excluding hydrogens is 705 g/mol. The lowest BCUT2D eigenvalue weighted by Gasteiger charge is -2.48. The lowest BCUT2D eigenvalue weighted by Crippen LogP contribution is -2.52. The number of hydrogen-bond donors (Lipinski definition) is 0. The fourth-order valence-electron chi connectivity index (χ4n) is 7.53. The Labute approximate surface area is 324 Å². The van der Waals surface area contributed by atoms with Crippen molar-refractivity contribution in [2.75, 3.05) is 26.2 Å². The third-order valence-corrected chi connectivity index (χ3v) is 10.4. The van der Waals surface area contributed by atoms with Crippen molar-refractivity contribution in [3.63, 3.8) is 0 Å². The van der Waals surface area contributed by atoms with E-state index in [4.69, 9.17) is 19.4 Å². The lowest BCUT2D eigenvalue weighted by atomic mass is 9.86. The van der Waals surface area contributed by atoms with E-state index in [1.165, 1.54) is 11.4 Å². The molecule has 0 spiro atoms. The molecule has 22 aliphatic heterocycles. The molecule has 2 aromatic rings. The van der Waals surface area contributed by atoms with E-state index in [9.17, 15) is 0 Å². The van der Waals surface area contributed by atoms with Gasteiger partial charge in [-0.05, 0) is 71.0 Å². The van der Waals surface area contributed by atoms with E-state index in [0.29, 0.717) is 25.2 Å². The maximum atomic E-state index is 5.48. The van der Waals surface area contributed by atoms with E-state index in [0.717, 1.165) is 81.9 Å². The molecule has 278 valence electrons. The Balaban J connectivity index is 0.953. The smallest absolute Gasteiger partial charge is 0.137 e. The molecule has 0 aromatic heterocycles. The molecule has 2 atom stereocenters. The van der Waals surface area contributed by atoms with Gasteiger partial charge in [0.15, 0.2) is 0 Å². The molecule has 16 bridgehead atoms. The van der Waals surface area contributed by atoms with Crippen molar-refractivity contribution in [3.05, 3.63) is 153 Å². The van der Waals surface area contributed by atoms with Crippen molar-refractivity contribution in [2.45, 2.75) is 37.8 Å². The Hall–Kier alpha value is -6.96. The van der Waals surface area contributed by atoms with Crippen molar-refractivity contribution in [3.8, 4) is 0 Å². The van der Waals surface area contributed by atoms with Gasteiger partial charge in [0, 0.05) is 86.9 Å². The minimum Gasteiger partial charge on any atom is -0.364 e. The van der Waals surface area contributed by atoms with Crippen LogP contribution >= 0.6 is 0 Å². The van der Waals surface area contributed by atoms with Gasteiger partial charge in [0.1, 0.15) is 31.3 Å². The van der Waals surface area contributed by atoms with Crippen molar-refractivity contribution >= 4 is 48.9 Å². The molecule has 0 saturated carbocycles. The standard InChI is InChI=1S/C44H38N8O4/c1-2-34-4-3-33(1)29-53-45-21-37-9-13-41-43-15-11-39(27-51(43)18-17-49(41)25-37)23-47-55-31-35-5-7-36(8-6-35)32-56-48-24-40-12-16-44-42-14-10-38(22-46-54-30-34)26-50(42)19-20-52(44)28-40/h1-9,11,13,15,19-20,26,28-32,42,44H,10,12,14,16-18,25,27H2/t42-,44+/m0/s1. The van der Waals surface area contributed by atoms with Gasteiger partial charge in [0.05, 0.1) is 43.1 Å². The molecule has 12 nitrogen and oxygen atoms in total. The number of piperidine rings is 1. The molecule has 0 amide bonds. The zero-order chi connectivity index (χ0) is 37.5. The summed E-state index contributed by atoms with van der Waals surface area (Å²) in [6.07, 6.45) is 27.7. The Bertz CT molecular complexity index is 2500. The zero-order valence-electron chi connectivity index (χ0n) is 30.6. The summed E-state index contributed by atoms with van der Waals surface area (Å²) in [4.78, 5) is 31.1. The van der Waals surface area contributed by atoms with Crippen LogP contribution in [0.5, 0.6) is 0 Å². The minimum absolute atomic E-state index is 0.358. The van der Waals surface area contributed by atoms with E-state index in [2.05, 4.69) is 101 Å². The van der Waals surface area contributed by atoms with Crippen molar-refractivity contribution in [1.82, 2.24) is 19.6 Å². The molecule has 0 aliphatic carbocycles. The van der Waals surface area contributed by atoms with Gasteiger partial charge in [-0.1, -0.05) is 53.7 Å². The van der Waals surface area contributed by atoms with Crippen molar-refractivity contribution < 1.29 is 19.4 Å². The summed E-state index contributed by atoms with van der Waals surface area (Å²) >= 11 is 0. The second kappa shape index (κ2) is 16.2. The highest BCUT2D eigenvalue weighted by Gasteiger charge is 2.37. The van der Waals surface area contributed by atoms with Gasteiger partial charge in [0.25, 0.3) is 0 Å². The highest BCUT2D eigenvalue weighted by atomic mass is 16.6. The average molecular weight is 743 g/mol. The van der Waals surface area contributed by atoms with E-state index in [1.54, 1.807) is 25.0 Å². The van der Waals surface area contributed by atoms with Crippen molar-refractivity contribution in [1.29, 1.82) is 0 Å². The number of rotatable bonds is 0. The van der Waals surface area contributed by atoms with Gasteiger partial charge in [0.2, 0.25) is 0 Å². The van der Waals surface area contributed by atoms with Crippen LogP contribution in [0.15, 0.2) is 146 Å². The summed E-state index contributed by atoms with van der Waals surface area (Å²) in [5.74, 6) is 9.16. The van der Waals surface area contributed by atoms with Crippen LogP contribution < -0.4 is 20.9 Å². The van der Waals surface area contributed by atoms with Crippen molar-refractivity contribution in [2.24, 2.45) is 20.6 Å². The van der Waals surface area contributed by atoms with Crippen LogP contribution in [0.4, 0.5) is 0 Å². The predicted molar refractivity (Wildman–Crippen MR) is 214 cm³/mol. The number of nitrogens with zero attached hydrogens (tertiary/aromatic N) is 8. The molecule has 0 unspecified atom stereocenters. The lowest BCUT2D eigenvalue weighted by molar-refractivity contribution is 0.138. The van der Waals surface area contributed by atoms with E-state index < -0.39 is 0 Å². The van der Waals surface area contributed by atoms with Gasteiger partial charge in [-0.2, -0.15) is 0 Å². The molecule has 2 radical (unpaired) electrons. The van der Waals surface area contributed by atoms with Gasteiger partial charge in [-0.3, -0.25) is 0 Å². The van der Waals surface area contributed by atoms with Crippen LogP contribution in [0.3, 0.4) is 0 Å². The minimum atomic E-state index is 0.358. The molecule has 1 saturated heterocycles. The van der Waals surface area contributed by atoms with E-state index >= 15 is 0 Å². The first-order chi connectivity index (χ1) is 27.7. The molecule has 56 heavy (non-hydrogen) atoms. The zero-order valence-corrected chi connectivity index (χ0v) is 30.6. The first kappa shape index (κ1) is 34.8. The topological polar surface area (TPSA) is 99.3 Å². The van der Waals surface area contributed by atoms with Crippen LogP contribution in [0, 0.1) is 6.54 Å². The van der Waals surface area contributed by atoms with Gasteiger partial charge < -0.3 is 38.9 Å². The molecule has 1 fully saturated rings. The quantitative estimate of drug-likeness (QED) is 0.406. The Kier molecular flexibility index (Phi) is 10.1. The van der Waals surface area contributed by atoms with Crippen LogP contribution in [0.1, 0.15) is 25.7 Å². The molecule has 0 N–H and O–H groups in total. The third kappa shape index (κ3) is 8.09. The van der Waals surface area contributed by atoms with Gasteiger partial charge >= 0.3 is 0 Å². The second-order valence-electron chi connectivity index (χ2n) is 14.1. The van der Waals surface area contributed by atoms with E-state index in [-0.39, 0.29) is 0 Å². The molecule has 22 heterocycles. The van der Waals surface area contributed by atoms with E-state index in [1.807, 2.05) is 60.7 Å². The Morgan fingerprint density at radius 3 is 1.54 bits per heavy atom. The molecule has 24 rings (SSSR count). The molecular formula is C44H38N8O4. The third-order valence-electron chi connectivity index (χ3n) is 10.4. The largest absolute Gasteiger partial charge is 0.364 e. The van der Waals surface area contributed by atoms with Gasteiger partial charge in [-0.15, -0.1) is 0 Å². The number of benzene rings is 2. The highest BCUT2D eigenvalue weighted by molar-refractivity contribution is 5.78. The number of allylic oxidation sites excluding steroid dienone is 3. The second-order valence-corrected chi connectivity index (χ2v) is 14.1. The first-order valence-electron chi connectivity index (χ1n) is 18.7. The maximum absolute atomic E-state index is 5.48. The normalized spacial score (nSPS) is 22.7. The summed E-state index contributed by atoms with van der Waals surface area (Å²) in [6.45, 7) is 5.25. The fraction of sp³-hybridized carbons (Fsp3) is 0.227. The average Bonchev–Trinajstić information content (AvgIpc) is 3.24. The first-order valence-corrected chi connectivity index (χ1v) is 18.7. The highest BCUT2D eigenvalue weighted by Crippen LogP contribution is 2.35. The molecule has 22 aliphatic rings. The van der Waals surface area contributed by atoms with Crippen LogP contribution in [-0.4, -0.2) is 81.7 Å². The Morgan fingerprint density at radius 2 is 0.982 bits per heavy atom. The fourth-order valence-corrected chi connectivity index (χ4v) is 7.53. The SMILES string of the molecule is [C]1=NOC=c2ccc(cc2)=CON=C=C2C=CC3=C4C=CC(=C=NOC=c5ccc(cc5)=CON=C=C5[CH]N6C=CN7C=C1CC[C@H]7[C@H]6CC5)CN4CCN3C2. The predicted octanol–water partition coefficient (Wildman–Crippen LogP) is 3.24. The summed E-state index contributed by atoms with van der Waals surface area (Å²) in [6, 6.07) is 16.1.